The van der Waals surface area contributed by atoms with Gasteiger partial charge in [0.15, 0.2) is 0 Å². The van der Waals surface area contributed by atoms with Gasteiger partial charge in [0, 0.05) is 27.1 Å². The number of aryl methyl sites for hydroxylation is 1. The summed E-state index contributed by atoms with van der Waals surface area (Å²) >= 11 is 6.05. The largest absolute Gasteiger partial charge is 0.384 e. The number of benzene rings is 1. The molecule has 0 saturated carbocycles. The lowest BCUT2D eigenvalue weighted by molar-refractivity contribution is -0.128. The zero-order valence-corrected chi connectivity index (χ0v) is 11.3. The highest BCUT2D eigenvalue weighted by molar-refractivity contribution is 6.33. The molecule has 0 unspecified atom stereocenters. The third kappa shape index (κ3) is 4.65. The second-order valence-corrected chi connectivity index (χ2v) is 4.71. The molecule has 1 rings (SSSR count). The van der Waals surface area contributed by atoms with Crippen molar-refractivity contribution in [3.05, 3.63) is 28.8 Å². The smallest absolute Gasteiger partial charge is 0.222 e. The maximum absolute atomic E-state index is 11.3. The van der Waals surface area contributed by atoms with Crippen molar-refractivity contribution in [3.8, 4) is 0 Å². The van der Waals surface area contributed by atoms with Crippen LogP contribution >= 0.6 is 11.6 Å². The first-order valence-corrected chi connectivity index (χ1v) is 6.08. The summed E-state index contributed by atoms with van der Waals surface area (Å²) in [5.41, 5.74) is 2.10. The van der Waals surface area contributed by atoms with E-state index < -0.39 is 0 Å². The van der Waals surface area contributed by atoms with Crippen LogP contribution in [-0.4, -0.2) is 31.4 Å². The van der Waals surface area contributed by atoms with Crippen LogP contribution in [0.5, 0.6) is 0 Å². The molecule has 1 aromatic rings. The van der Waals surface area contributed by atoms with Crippen LogP contribution in [0.25, 0.3) is 0 Å². The molecular weight excluding hydrogens is 236 g/mol. The van der Waals surface area contributed by atoms with E-state index >= 15 is 0 Å². The van der Waals surface area contributed by atoms with Crippen LogP contribution in [0.2, 0.25) is 5.02 Å². The van der Waals surface area contributed by atoms with E-state index in [1.165, 1.54) is 5.56 Å². The predicted molar refractivity (Wildman–Crippen MR) is 72.6 cm³/mol. The van der Waals surface area contributed by atoms with Crippen LogP contribution in [0, 0.1) is 6.92 Å². The molecule has 0 heterocycles. The number of hydrogen-bond acceptors (Lipinski definition) is 2. The summed E-state index contributed by atoms with van der Waals surface area (Å²) in [6, 6.07) is 5.86. The zero-order chi connectivity index (χ0) is 12.8. The van der Waals surface area contributed by atoms with Gasteiger partial charge in [-0.25, -0.2) is 0 Å². The monoisotopic (exact) mass is 254 g/mol. The summed E-state index contributed by atoms with van der Waals surface area (Å²) in [4.78, 5) is 13.0. The van der Waals surface area contributed by atoms with Gasteiger partial charge in [-0.15, -0.1) is 0 Å². The van der Waals surface area contributed by atoms with E-state index in [9.17, 15) is 4.79 Å². The first kappa shape index (κ1) is 13.8. The third-order valence-corrected chi connectivity index (χ3v) is 2.83. The van der Waals surface area contributed by atoms with Crippen LogP contribution < -0.4 is 5.32 Å². The molecule has 0 aliphatic rings. The van der Waals surface area contributed by atoms with Crippen molar-refractivity contribution < 1.29 is 4.79 Å². The van der Waals surface area contributed by atoms with Crippen LogP contribution in [0.15, 0.2) is 18.2 Å². The minimum atomic E-state index is 0.155. The first-order chi connectivity index (χ1) is 8.00. The minimum absolute atomic E-state index is 0.155. The van der Waals surface area contributed by atoms with Crippen molar-refractivity contribution in [2.45, 2.75) is 19.8 Å². The highest BCUT2D eigenvalue weighted by Crippen LogP contribution is 2.22. The Bertz CT molecular complexity index is 391. The van der Waals surface area contributed by atoms with Crippen molar-refractivity contribution >= 4 is 23.2 Å². The Balaban J connectivity index is 2.36. The normalized spacial score (nSPS) is 10.1. The van der Waals surface area contributed by atoms with E-state index in [-0.39, 0.29) is 5.91 Å². The van der Waals surface area contributed by atoms with Gasteiger partial charge in [0.05, 0.1) is 10.7 Å². The maximum atomic E-state index is 11.3. The number of carbonyl (C=O) groups excluding carboxylic acids is 1. The maximum Gasteiger partial charge on any atom is 0.222 e. The average molecular weight is 255 g/mol. The lowest BCUT2D eigenvalue weighted by Gasteiger charge is -2.11. The van der Waals surface area contributed by atoms with Crippen LogP contribution in [0.3, 0.4) is 0 Å². The molecule has 1 N–H and O–H groups in total. The van der Waals surface area contributed by atoms with E-state index in [1.54, 1.807) is 19.0 Å². The van der Waals surface area contributed by atoms with Crippen molar-refractivity contribution in [3.63, 3.8) is 0 Å². The molecular formula is C13H19ClN2O. The van der Waals surface area contributed by atoms with Crippen molar-refractivity contribution in [1.29, 1.82) is 0 Å². The van der Waals surface area contributed by atoms with Gasteiger partial charge < -0.3 is 10.2 Å². The van der Waals surface area contributed by atoms with E-state index in [4.69, 9.17) is 11.6 Å². The highest BCUT2D eigenvalue weighted by Gasteiger charge is 2.03. The molecule has 0 spiro atoms. The molecule has 0 aliphatic carbocycles. The van der Waals surface area contributed by atoms with Crippen LogP contribution in [0.4, 0.5) is 5.69 Å². The van der Waals surface area contributed by atoms with E-state index in [0.29, 0.717) is 6.42 Å². The van der Waals surface area contributed by atoms with Gasteiger partial charge in [0.2, 0.25) is 5.91 Å². The van der Waals surface area contributed by atoms with Crippen molar-refractivity contribution in [2.24, 2.45) is 0 Å². The molecule has 94 valence electrons. The summed E-state index contributed by atoms with van der Waals surface area (Å²) < 4.78 is 0. The fourth-order valence-corrected chi connectivity index (χ4v) is 1.65. The average Bonchev–Trinajstić information content (AvgIpc) is 2.28. The number of anilines is 1. The fourth-order valence-electron chi connectivity index (χ4n) is 1.46. The molecule has 1 amide bonds. The molecule has 0 radical (unpaired) electrons. The summed E-state index contributed by atoms with van der Waals surface area (Å²) in [6.07, 6.45) is 1.37. The molecule has 0 saturated heterocycles. The van der Waals surface area contributed by atoms with Crippen LogP contribution in [0.1, 0.15) is 18.4 Å². The Kier molecular flexibility index (Phi) is 5.29. The lowest BCUT2D eigenvalue weighted by Crippen LogP contribution is -2.22. The van der Waals surface area contributed by atoms with Crippen molar-refractivity contribution in [2.75, 3.05) is 26.0 Å². The molecule has 3 nitrogen and oxygen atoms in total. The summed E-state index contributed by atoms with van der Waals surface area (Å²) in [6.45, 7) is 2.78. The van der Waals surface area contributed by atoms with E-state index in [1.807, 2.05) is 25.1 Å². The molecule has 0 fully saturated rings. The number of nitrogens with one attached hydrogen (secondary N) is 1. The quantitative estimate of drug-likeness (QED) is 0.820. The number of carbonyl (C=O) groups is 1. The Hall–Kier alpha value is -1.22. The predicted octanol–water partition coefficient (Wildman–Crippen LogP) is 2.93. The number of rotatable bonds is 5. The Morgan fingerprint density at radius 3 is 2.76 bits per heavy atom. The van der Waals surface area contributed by atoms with Gasteiger partial charge in [0.25, 0.3) is 0 Å². The Labute approximate surface area is 108 Å². The lowest BCUT2D eigenvalue weighted by atomic mass is 10.2. The molecule has 4 heteroatoms. The summed E-state index contributed by atoms with van der Waals surface area (Å²) in [5.74, 6) is 0.155. The number of hydrogen-bond donors (Lipinski definition) is 1. The van der Waals surface area contributed by atoms with Crippen LogP contribution in [-0.2, 0) is 4.79 Å². The SMILES string of the molecule is Cc1ccc(Cl)c(NCCCC(=O)N(C)C)c1. The molecule has 0 aliphatic heterocycles. The second kappa shape index (κ2) is 6.50. The van der Waals surface area contributed by atoms with E-state index in [0.717, 1.165) is 23.7 Å². The molecule has 0 bridgehead atoms. The van der Waals surface area contributed by atoms with Gasteiger partial charge >= 0.3 is 0 Å². The summed E-state index contributed by atoms with van der Waals surface area (Å²) in [5, 5.41) is 3.96. The molecule has 0 aromatic heterocycles. The Morgan fingerprint density at radius 1 is 1.41 bits per heavy atom. The number of halogens is 1. The standard InChI is InChI=1S/C13H19ClN2O/c1-10-6-7-11(14)12(9-10)15-8-4-5-13(17)16(2)3/h6-7,9,15H,4-5,8H2,1-3H3. The van der Waals surface area contributed by atoms with Gasteiger partial charge in [0.1, 0.15) is 0 Å². The second-order valence-electron chi connectivity index (χ2n) is 4.30. The molecule has 1 aromatic carbocycles. The topological polar surface area (TPSA) is 32.3 Å². The van der Waals surface area contributed by atoms with E-state index in [2.05, 4.69) is 5.32 Å². The summed E-state index contributed by atoms with van der Waals surface area (Å²) in [7, 11) is 3.54. The number of amides is 1. The Morgan fingerprint density at radius 2 is 2.12 bits per heavy atom. The van der Waals surface area contributed by atoms with Gasteiger partial charge in [-0.1, -0.05) is 17.7 Å². The third-order valence-electron chi connectivity index (χ3n) is 2.50. The molecule has 0 atom stereocenters. The van der Waals surface area contributed by atoms with Crippen molar-refractivity contribution in [1.82, 2.24) is 4.90 Å². The fraction of sp³-hybridized carbons (Fsp3) is 0.462. The van der Waals surface area contributed by atoms with Gasteiger partial charge in [-0.3, -0.25) is 4.79 Å². The highest BCUT2D eigenvalue weighted by atomic mass is 35.5. The first-order valence-electron chi connectivity index (χ1n) is 5.71. The minimum Gasteiger partial charge on any atom is -0.384 e. The van der Waals surface area contributed by atoms with Gasteiger partial charge in [-0.05, 0) is 31.0 Å². The number of nitrogens with zero attached hydrogens (tertiary/aromatic N) is 1. The zero-order valence-electron chi connectivity index (χ0n) is 10.6. The molecule has 17 heavy (non-hydrogen) atoms. The van der Waals surface area contributed by atoms with Gasteiger partial charge in [-0.2, -0.15) is 0 Å².